The molecule has 0 aliphatic heterocycles. The van der Waals surface area contributed by atoms with Crippen LogP contribution < -0.4 is 0 Å². The van der Waals surface area contributed by atoms with E-state index in [2.05, 4.69) is 18.1 Å². The van der Waals surface area contributed by atoms with E-state index in [0.29, 0.717) is 0 Å². The number of aliphatic carboxylic acids is 1. The van der Waals surface area contributed by atoms with E-state index in [1.54, 1.807) is 0 Å². The van der Waals surface area contributed by atoms with Crippen molar-refractivity contribution in [3.63, 3.8) is 0 Å². The Balaban J connectivity index is 0. The van der Waals surface area contributed by atoms with E-state index in [-0.39, 0.29) is 0 Å². The number of rotatable bonds is 1. The monoisotopic (exact) mass is 164 g/mol. The average molecular weight is 166 g/mol. The van der Waals surface area contributed by atoms with Crippen LogP contribution in [-0.2, 0) is 22.6 Å². The van der Waals surface area contributed by atoms with Gasteiger partial charge in [0, 0.05) is 6.08 Å². The Labute approximate surface area is 58.4 Å². The van der Waals surface area contributed by atoms with E-state index < -0.39 is 5.97 Å². The second-order valence-electron chi connectivity index (χ2n) is 0.951. The molecule has 0 aliphatic carbocycles. The van der Waals surface area contributed by atoms with Crippen molar-refractivity contribution in [3.05, 3.63) is 12.7 Å². The molecule has 0 bridgehead atoms. The standard InChI is InChI=1S/C3H4O2.C2H4.Zn/c1-2-3(4)5;1-2;/h2H,1H2,(H,4,5);1H,2H3;. The van der Waals surface area contributed by atoms with Gasteiger partial charge in [-0.2, -0.15) is 0 Å². The zero-order valence-corrected chi connectivity index (χ0v) is 7.89. The van der Waals surface area contributed by atoms with Crippen molar-refractivity contribution in [2.45, 2.75) is 6.92 Å². The van der Waals surface area contributed by atoms with Gasteiger partial charge in [0.1, 0.15) is 0 Å². The van der Waals surface area contributed by atoms with E-state index in [9.17, 15) is 4.79 Å². The van der Waals surface area contributed by atoms with Crippen LogP contribution in [0.4, 0.5) is 0 Å². The number of carboxylic acid groups (broad SMARTS) is 1. The van der Waals surface area contributed by atoms with Crippen molar-refractivity contribution >= 4 is 10.6 Å². The minimum atomic E-state index is -0.981. The Morgan fingerprint density at radius 1 is 1.88 bits per heavy atom. The molecule has 42 valence electrons. The Morgan fingerprint density at radius 3 is 2.00 bits per heavy atom. The van der Waals surface area contributed by atoms with Crippen molar-refractivity contribution in [1.82, 2.24) is 0 Å². The summed E-state index contributed by atoms with van der Waals surface area (Å²) in [6, 6.07) is 0. The summed E-state index contributed by atoms with van der Waals surface area (Å²) in [5.74, 6) is -0.981. The van der Waals surface area contributed by atoms with Crippen molar-refractivity contribution in [1.29, 1.82) is 0 Å². The van der Waals surface area contributed by atoms with Gasteiger partial charge in [-0.05, 0) is 0 Å². The predicted molar refractivity (Wildman–Crippen MR) is 29.6 cm³/mol. The molecule has 0 rings (SSSR count). The minimum absolute atomic E-state index is 0.833. The quantitative estimate of drug-likeness (QED) is 0.457. The van der Waals surface area contributed by atoms with Crippen LogP contribution in [0.1, 0.15) is 6.92 Å². The fourth-order valence-electron chi connectivity index (χ4n) is 0. The topological polar surface area (TPSA) is 37.3 Å². The molecule has 0 atom stereocenters. The molecular weight excluding hydrogens is 157 g/mol. The van der Waals surface area contributed by atoms with Crippen LogP contribution in [-0.4, -0.2) is 15.7 Å². The molecule has 8 heavy (non-hydrogen) atoms. The molecule has 3 heteroatoms. The van der Waals surface area contributed by atoms with Gasteiger partial charge in [0.15, 0.2) is 0 Å². The first-order chi connectivity index (χ1) is 3.68. The zero-order chi connectivity index (χ0) is 6.99. The molecule has 0 fully saturated rings. The van der Waals surface area contributed by atoms with E-state index in [1.165, 1.54) is 17.9 Å². The maximum atomic E-state index is 9.25. The van der Waals surface area contributed by atoms with Crippen LogP contribution in [0.5, 0.6) is 0 Å². The molecule has 0 radical (unpaired) electrons. The SMILES string of the molecule is C=CC(=O)O.C[CH]=[Zn]. The van der Waals surface area contributed by atoms with E-state index in [4.69, 9.17) is 5.11 Å². The molecular formula is C5H8O2Zn. The van der Waals surface area contributed by atoms with E-state index in [0.717, 1.165) is 6.08 Å². The van der Waals surface area contributed by atoms with Crippen LogP contribution in [0, 0.1) is 0 Å². The Morgan fingerprint density at radius 2 is 2.00 bits per heavy atom. The molecule has 0 amide bonds. The summed E-state index contributed by atoms with van der Waals surface area (Å²) in [5, 5.41) is 7.60. The van der Waals surface area contributed by atoms with Gasteiger partial charge in [0.05, 0.1) is 0 Å². The normalized spacial score (nSPS) is 5.88. The fraction of sp³-hybridized carbons (Fsp3) is 0.200. The van der Waals surface area contributed by atoms with E-state index in [1.807, 2.05) is 0 Å². The van der Waals surface area contributed by atoms with Crippen LogP contribution in [0.25, 0.3) is 0 Å². The van der Waals surface area contributed by atoms with Crippen molar-refractivity contribution in [3.8, 4) is 0 Å². The molecule has 0 aliphatic rings. The van der Waals surface area contributed by atoms with Gasteiger partial charge in [0.25, 0.3) is 0 Å². The first-order valence-corrected chi connectivity index (χ1v) is 3.82. The summed E-state index contributed by atoms with van der Waals surface area (Å²) in [6.45, 7) is 5.02. The zero-order valence-electron chi connectivity index (χ0n) is 4.92. The van der Waals surface area contributed by atoms with Crippen LogP contribution in [0.15, 0.2) is 12.7 Å². The molecule has 0 saturated carbocycles. The molecule has 1 N–H and O–H groups in total. The first-order valence-electron chi connectivity index (χ1n) is 2.11. The van der Waals surface area contributed by atoms with Crippen LogP contribution in [0.3, 0.4) is 0 Å². The summed E-state index contributed by atoms with van der Waals surface area (Å²) < 4.78 is 2.12. The summed E-state index contributed by atoms with van der Waals surface area (Å²) in [5.41, 5.74) is 0. The Hall–Kier alpha value is -0.297. The first kappa shape index (κ1) is 10.6. The third kappa shape index (κ3) is 43.5. The second kappa shape index (κ2) is 9.86. The third-order valence-electron chi connectivity index (χ3n) is 0.175. The number of carboxylic acids is 1. The van der Waals surface area contributed by atoms with Gasteiger partial charge in [-0.3, -0.25) is 0 Å². The molecule has 2 nitrogen and oxygen atoms in total. The number of hydrogen-bond donors (Lipinski definition) is 1. The summed E-state index contributed by atoms with van der Waals surface area (Å²) in [6.07, 6.45) is 0.833. The maximum absolute atomic E-state index is 9.25. The van der Waals surface area contributed by atoms with Gasteiger partial charge < -0.3 is 5.11 Å². The number of hydrogen-bond acceptors (Lipinski definition) is 1. The molecule has 0 spiro atoms. The van der Waals surface area contributed by atoms with Crippen molar-refractivity contribution < 1.29 is 27.8 Å². The molecule has 0 aromatic carbocycles. The summed E-state index contributed by atoms with van der Waals surface area (Å²) in [7, 11) is 0. The van der Waals surface area contributed by atoms with Gasteiger partial charge in [-0.25, -0.2) is 4.79 Å². The van der Waals surface area contributed by atoms with Gasteiger partial charge in [0.2, 0.25) is 0 Å². The summed E-state index contributed by atoms with van der Waals surface area (Å²) >= 11 is 1.32. The average Bonchev–Trinajstić information content (AvgIpc) is 1.69. The fourth-order valence-corrected chi connectivity index (χ4v) is 0. The van der Waals surface area contributed by atoms with Gasteiger partial charge in [-0.15, -0.1) is 0 Å². The van der Waals surface area contributed by atoms with Crippen molar-refractivity contribution in [2.24, 2.45) is 0 Å². The molecule has 0 heterocycles. The molecule has 0 aromatic rings. The third-order valence-corrected chi connectivity index (χ3v) is 0.175. The molecule has 0 unspecified atom stereocenters. The Kier molecular flexibility index (Phi) is 13.1. The van der Waals surface area contributed by atoms with E-state index >= 15 is 0 Å². The van der Waals surface area contributed by atoms with Gasteiger partial charge >= 0.3 is 35.4 Å². The number of carbonyl (C=O) groups is 1. The predicted octanol–water partition coefficient (Wildman–Crippen LogP) is 0.612. The molecule has 0 aromatic heterocycles. The molecule has 0 saturated heterocycles. The summed E-state index contributed by atoms with van der Waals surface area (Å²) in [4.78, 5) is 9.25. The Bertz CT molecular complexity index is 88.4. The van der Waals surface area contributed by atoms with Crippen molar-refractivity contribution in [2.75, 3.05) is 0 Å². The van der Waals surface area contributed by atoms with Crippen LogP contribution >= 0.6 is 0 Å². The van der Waals surface area contributed by atoms with Gasteiger partial charge in [-0.1, -0.05) is 6.58 Å². The second-order valence-corrected chi connectivity index (χ2v) is 2.66. The van der Waals surface area contributed by atoms with Crippen LogP contribution in [0.2, 0.25) is 0 Å².